The second kappa shape index (κ2) is 78.1. The maximum absolute atomic E-state index is 11.4. The van der Waals surface area contributed by atoms with Crippen LogP contribution in [0.3, 0.4) is 0 Å². The topological polar surface area (TPSA) is 586 Å². The van der Waals surface area contributed by atoms with Crippen molar-refractivity contribution >= 4 is 86.0 Å². The molecule has 0 atom stereocenters. The third kappa shape index (κ3) is 50.9. The fourth-order valence-corrected chi connectivity index (χ4v) is 9.60. The molecule has 7 heterocycles. The Balaban J connectivity index is -0.00000138. The summed E-state index contributed by atoms with van der Waals surface area (Å²) in [5, 5.41) is 34.7. The zero-order valence-corrected chi connectivity index (χ0v) is 75.6. The second-order valence-electron chi connectivity index (χ2n) is 24.5. The largest absolute Gasteiger partial charge is 0.364 e. The fraction of sp³-hybridized carbons (Fsp3) is 0.735. The first-order valence-electron chi connectivity index (χ1n) is 37.1. The van der Waals surface area contributed by atoms with Crippen molar-refractivity contribution in [3.05, 3.63) is 23.3 Å². The SMILES string of the molecule is C=O.C=O.C=O.COCN(COC)c1nc(C)nc(N(COC)COC)n1.COCN(COC)c1nc(CCNO)nc(N(COC)COC)n1.COCN1CCCN(C)C1=O.COCN1CN(C)CN(C)C1=O.COCN1COCN(C)C1=O.COCNc1nc(CCNO)nc(N(COC)COC)n1.COCNc1nc(CCNO)nc(NCOC)n1. The average Bonchev–Trinajstić information content (AvgIpc) is 0.820. The molecule has 3 fully saturated rings. The molecule has 4 aromatic heterocycles. The number of amides is 6. The van der Waals surface area contributed by atoms with E-state index in [-0.39, 0.29) is 71.9 Å². The molecule has 3 aliphatic rings. The van der Waals surface area contributed by atoms with E-state index in [1.807, 2.05) is 39.4 Å². The molecule has 3 aliphatic heterocycles. The first-order chi connectivity index (χ1) is 60.0. The molecule has 0 spiro atoms. The molecule has 0 aliphatic carbocycles. The van der Waals surface area contributed by atoms with Gasteiger partial charge in [-0.25, -0.2) is 30.8 Å². The maximum atomic E-state index is 11.4. The summed E-state index contributed by atoms with van der Waals surface area (Å²) in [6.45, 7) is 17.2. The molecule has 0 aromatic carbocycles. The van der Waals surface area contributed by atoms with Crippen LogP contribution >= 0.6 is 0 Å². The van der Waals surface area contributed by atoms with Gasteiger partial charge in [-0.15, -0.1) is 0 Å². The molecule has 0 unspecified atom stereocenters. The molecule has 56 nitrogen and oxygen atoms in total. The minimum Gasteiger partial charge on any atom is -0.364 e. The van der Waals surface area contributed by atoms with Crippen LogP contribution in [0.25, 0.3) is 0 Å². The van der Waals surface area contributed by atoms with Crippen molar-refractivity contribution in [1.29, 1.82) is 0 Å². The van der Waals surface area contributed by atoms with Gasteiger partial charge in [-0.2, -0.15) is 59.8 Å². The summed E-state index contributed by atoms with van der Waals surface area (Å²) in [6.07, 6.45) is 2.37. The molecule has 56 heteroatoms. The lowest BCUT2D eigenvalue weighted by Gasteiger charge is -2.38. The van der Waals surface area contributed by atoms with Crippen molar-refractivity contribution in [2.75, 3.05) is 350 Å². The lowest BCUT2D eigenvalue weighted by Crippen LogP contribution is -2.55. The van der Waals surface area contributed by atoms with Crippen molar-refractivity contribution in [3.63, 3.8) is 0 Å². The monoisotopic (exact) mass is 1790 g/mol. The highest BCUT2D eigenvalue weighted by atomic mass is 16.5. The van der Waals surface area contributed by atoms with Gasteiger partial charge in [-0.3, -0.25) is 39.2 Å². The van der Waals surface area contributed by atoms with Gasteiger partial charge in [0.2, 0.25) is 47.6 Å². The Bertz CT molecular complexity index is 3050. The van der Waals surface area contributed by atoms with Crippen LogP contribution in [0.5, 0.6) is 0 Å². The smallest absolute Gasteiger partial charge is 0.325 e. The summed E-state index contributed by atoms with van der Waals surface area (Å²) in [4.78, 5) is 130. The van der Waals surface area contributed by atoms with E-state index in [4.69, 9.17) is 111 Å². The van der Waals surface area contributed by atoms with Crippen molar-refractivity contribution in [1.82, 2.24) is 111 Å². The number of carbonyl (C=O) groups is 6. The first kappa shape index (κ1) is 118. The van der Waals surface area contributed by atoms with E-state index < -0.39 is 0 Å². The van der Waals surface area contributed by atoms with Crippen LogP contribution in [0.2, 0.25) is 0 Å². The highest BCUT2D eigenvalue weighted by molar-refractivity contribution is 5.75. The van der Waals surface area contributed by atoms with Crippen LogP contribution in [0.4, 0.5) is 62.0 Å². The van der Waals surface area contributed by atoms with Gasteiger partial charge in [-0.1, -0.05) is 0 Å². The number of nitrogens with one attached hydrogen (secondary N) is 6. The van der Waals surface area contributed by atoms with E-state index >= 15 is 0 Å². The lowest BCUT2D eigenvalue weighted by atomic mass is 10.3. The minimum absolute atomic E-state index is 0.0231. The van der Waals surface area contributed by atoms with E-state index in [1.165, 1.54) is 9.80 Å². The third-order valence-electron chi connectivity index (χ3n) is 14.5. The Labute approximate surface area is 724 Å². The zero-order chi connectivity index (χ0) is 93.8. The normalized spacial score (nSPS) is 12.7. The summed E-state index contributed by atoms with van der Waals surface area (Å²) in [6, 6.07) is 0.0335. The number of hydrogen-bond donors (Lipinski definition) is 9. The van der Waals surface area contributed by atoms with E-state index in [0.29, 0.717) is 190 Å². The van der Waals surface area contributed by atoms with Crippen LogP contribution in [0.1, 0.15) is 29.7 Å². The van der Waals surface area contributed by atoms with Crippen molar-refractivity contribution in [2.24, 2.45) is 0 Å². The van der Waals surface area contributed by atoms with Crippen molar-refractivity contribution in [3.8, 4) is 0 Å². The molecule has 0 radical (unpaired) electrons. The van der Waals surface area contributed by atoms with E-state index in [1.54, 1.807) is 179 Å². The Morgan fingerprint density at radius 2 is 0.637 bits per heavy atom. The highest BCUT2D eigenvalue weighted by Gasteiger charge is 2.27. The van der Waals surface area contributed by atoms with Crippen LogP contribution in [0, 0.1) is 6.92 Å². The van der Waals surface area contributed by atoms with Crippen molar-refractivity contribution < 1.29 is 125 Å². The van der Waals surface area contributed by atoms with Gasteiger partial charge < -0.3 is 146 Å². The Morgan fingerprint density at radius 1 is 0.339 bits per heavy atom. The van der Waals surface area contributed by atoms with Gasteiger partial charge in [0, 0.05) is 187 Å². The number of anilines is 8. The molecule has 7 rings (SSSR count). The number of carbonyl (C=O) groups excluding carboxylic acids is 6. The molecule has 0 saturated carbocycles. The molecule has 714 valence electrons. The van der Waals surface area contributed by atoms with E-state index in [0.717, 1.165) is 19.5 Å². The standard InChI is InChI=1S/C13H26N6O5.C12H23N5O4.C11H22N6O4.C9H18N6O3.C7H15N3O2.C7H14N2O2.C6H12N2O3.3CH2O/c1-21-7-18(8-22-2)12-15-11(5-6-14-20)16-13(17-12)19(9-23-3)10-24-4;1-10-13-11(16(6-18-2)7-19-3)15-12(14-10)17(8-20-4)9-21-5;1-19-6-12-10-14-9(4-5-13-18)15-11(16-10)17(7-20-2)8-21-3;1-17-5-10-8-13-7(3-4-12-16)14-9(15-8)11-6-18-2;1-8-4-9(2)7(11)10(5-8)6-12-3;1-8-4-3-5-9(6-11-2)7(8)10;1-7-3-11-5-8(4-10-2)6(7)9;3*1-2/h14,20H,5-10H2,1-4H3;6-9H2,1-5H3;13,18H,4-8H2,1-3H3,(H,12,14,15,16);12,16H,3-6H2,1-2H3,(H2,10,11,13,14,15);4-6H2,1-3H3;3-6H2,1-2H3;3-5H2,1-2H3;3*1H2. The molecule has 124 heavy (non-hydrogen) atoms. The molecule has 6 amide bonds. The molecule has 3 saturated heterocycles. The van der Waals surface area contributed by atoms with E-state index in [2.05, 4.69) is 92.2 Å². The van der Waals surface area contributed by atoms with Crippen LogP contribution < -0.4 is 56.9 Å². The minimum atomic E-state index is -0.0573. The molecule has 9 N–H and O–H groups in total. The van der Waals surface area contributed by atoms with Gasteiger partial charge in [0.15, 0.2) is 0 Å². The Kier molecular flexibility index (Phi) is 74.6. The number of rotatable bonds is 49. The summed E-state index contributed by atoms with van der Waals surface area (Å²) >= 11 is 0. The first-order valence-corrected chi connectivity index (χ1v) is 37.1. The Morgan fingerprint density at radius 3 is 0.976 bits per heavy atom. The number of hydroxylamine groups is 3. The fourth-order valence-electron chi connectivity index (χ4n) is 9.60. The number of aromatic nitrogens is 12. The summed E-state index contributed by atoms with van der Waals surface area (Å²) < 4.78 is 85.7. The predicted molar refractivity (Wildman–Crippen MR) is 447 cm³/mol. The summed E-state index contributed by atoms with van der Waals surface area (Å²) in [5.41, 5.74) is 6.21. The molecule has 4 aromatic rings. The number of nitrogens with zero attached hydrogens (tertiary/aromatic N) is 24. The molecular weight excluding hydrogens is 1650 g/mol. The highest BCUT2D eigenvalue weighted by Crippen LogP contribution is 2.19. The van der Waals surface area contributed by atoms with Crippen molar-refractivity contribution in [2.45, 2.75) is 32.6 Å². The van der Waals surface area contributed by atoms with Crippen LogP contribution in [-0.2, 0) is 114 Å². The number of methoxy groups -OCH3 is 16. The second-order valence-corrected chi connectivity index (χ2v) is 24.5. The van der Waals surface area contributed by atoms with Crippen LogP contribution in [0.15, 0.2) is 0 Å². The van der Waals surface area contributed by atoms with Crippen LogP contribution in [-0.4, -0.2) is 457 Å². The lowest BCUT2D eigenvalue weighted by molar-refractivity contribution is -0.0987. The van der Waals surface area contributed by atoms with Gasteiger partial charge in [0.1, 0.15) is 165 Å². The molecule has 0 bridgehead atoms. The third-order valence-corrected chi connectivity index (χ3v) is 14.5. The van der Waals surface area contributed by atoms with Gasteiger partial charge in [0.05, 0.1) is 13.3 Å². The van der Waals surface area contributed by atoms with Gasteiger partial charge in [-0.05, 0) is 20.4 Å². The van der Waals surface area contributed by atoms with E-state index in [9.17, 15) is 14.4 Å². The molecular formula is C68H136N30O26. The zero-order valence-electron chi connectivity index (χ0n) is 75.6. The van der Waals surface area contributed by atoms with Gasteiger partial charge >= 0.3 is 18.1 Å². The predicted octanol–water partition coefficient (Wildman–Crippen LogP) is -2.04. The average molecular weight is 1790 g/mol. The number of ether oxygens (including phenoxy) is 17. The summed E-state index contributed by atoms with van der Waals surface area (Å²) in [7, 11) is 32.5. The van der Waals surface area contributed by atoms with Gasteiger partial charge in [0.25, 0.3) is 0 Å². The summed E-state index contributed by atoms with van der Waals surface area (Å²) in [5.74, 6) is 5.50. The number of hydrogen-bond acceptors (Lipinski definition) is 50. The maximum Gasteiger partial charge on any atom is 0.325 e. The Hall–Kier alpha value is -9.70. The number of aryl methyl sites for hydroxylation is 1. The number of urea groups is 3. The quantitative estimate of drug-likeness (QED) is 0.0170.